The molecule has 0 saturated carbocycles. The van der Waals surface area contributed by atoms with Crippen molar-refractivity contribution < 1.29 is 14.3 Å². The molecule has 0 fully saturated rings. The second-order valence-electron chi connectivity index (χ2n) is 4.46. The smallest absolute Gasteiger partial charge is 0.358 e. The van der Waals surface area contributed by atoms with Gasteiger partial charge in [0.1, 0.15) is 0 Å². The molecule has 1 amide bonds. The lowest BCUT2D eigenvalue weighted by atomic mass is 10.3. The quantitative estimate of drug-likeness (QED) is 0.558. The molecule has 1 aromatic carbocycles. The fourth-order valence-corrected chi connectivity index (χ4v) is 2.74. The Morgan fingerprint density at radius 3 is 2.88 bits per heavy atom. The summed E-state index contributed by atoms with van der Waals surface area (Å²) in [4.78, 5) is 27.7. The summed E-state index contributed by atoms with van der Waals surface area (Å²) in [5.74, 6) is -1.21. The number of carbonyl (C=O) groups is 2. The second-order valence-corrected chi connectivity index (χ2v) is 6.16. The summed E-state index contributed by atoms with van der Waals surface area (Å²) < 4.78 is 4.92. The van der Waals surface area contributed by atoms with E-state index < -0.39 is 18.5 Å². The number of hydrogen-bond donors (Lipinski definition) is 2. The van der Waals surface area contributed by atoms with Gasteiger partial charge in [0, 0.05) is 16.9 Å². The lowest BCUT2D eigenvalue weighted by Gasteiger charge is -2.07. The summed E-state index contributed by atoms with van der Waals surface area (Å²) in [6.07, 6.45) is 1.67. The van der Waals surface area contributed by atoms with Crippen molar-refractivity contribution in [1.82, 2.24) is 4.98 Å². The molecule has 0 aliphatic carbocycles. The maximum atomic E-state index is 11.9. The van der Waals surface area contributed by atoms with Crippen LogP contribution in [-0.4, -0.2) is 30.0 Å². The van der Waals surface area contributed by atoms with Gasteiger partial charge in [-0.25, -0.2) is 9.78 Å². The van der Waals surface area contributed by atoms with E-state index in [1.807, 2.05) is 0 Å². The van der Waals surface area contributed by atoms with Crippen LogP contribution in [0.25, 0.3) is 0 Å². The Morgan fingerprint density at radius 1 is 1.38 bits per heavy atom. The lowest BCUT2D eigenvalue weighted by Crippen LogP contribution is -2.21. The van der Waals surface area contributed by atoms with E-state index in [2.05, 4.69) is 22.2 Å². The monoisotopic (exact) mass is 385 g/mol. The number of ether oxygens (including phenoxy) is 1. The fraction of sp³-hybridized carbons (Fsp3) is 0.133. The predicted molar refractivity (Wildman–Crippen MR) is 96.2 cm³/mol. The van der Waals surface area contributed by atoms with Gasteiger partial charge in [0.2, 0.25) is 0 Å². The van der Waals surface area contributed by atoms with Crippen LogP contribution in [-0.2, 0) is 9.53 Å². The maximum absolute atomic E-state index is 11.9. The molecular weight excluding hydrogens is 373 g/mol. The van der Waals surface area contributed by atoms with Crippen LogP contribution in [0.15, 0.2) is 36.2 Å². The molecule has 1 heterocycles. The van der Waals surface area contributed by atoms with Crippen molar-refractivity contribution in [2.24, 2.45) is 0 Å². The normalized spacial score (nSPS) is 10.1. The summed E-state index contributed by atoms with van der Waals surface area (Å²) in [5.41, 5.74) is 0.510. The Labute approximate surface area is 152 Å². The van der Waals surface area contributed by atoms with Crippen LogP contribution < -0.4 is 10.6 Å². The van der Waals surface area contributed by atoms with Crippen molar-refractivity contribution in [2.45, 2.75) is 0 Å². The Hall–Kier alpha value is -2.09. The molecule has 2 rings (SSSR count). The third-order valence-corrected chi connectivity index (χ3v) is 4.00. The number of benzene rings is 1. The summed E-state index contributed by atoms with van der Waals surface area (Å²) in [6.45, 7) is 3.65. The van der Waals surface area contributed by atoms with E-state index in [4.69, 9.17) is 27.9 Å². The van der Waals surface area contributed by atoms with Crippen LogP contribution in [0.3, 0.4) is 0 Å². The summed E-state index contributed by atoms with van der Waals surface area (Å²) in [7, 11) is 0. The summed E-state index contributed by atoms with van der Waals surface area (Å²) in [5, 5.41) is 8.34. The number of carbonyl (C=O) groups excluding carboxylic acids is 2. The van der Waals surface area contributed by atoms with Crippen LogP contribution in [0, 0.1) is 0 Å². The zero-order valence-corrected chi connectivity index (χ0v) is 14.7. The van der Waals surface area contributed by atoms with E-state index in [0.717, 1.165) is 0 Å². The van der Waals surface area contributed by atoms with Gasteiger partial charge in [0.05, 0.1) is 10.7 Å². The fourth-order valence-electron chi connectivity index (χ4n) is 1.59. The highest BCUT2D eigenvalue weighted by molar-refractivity contribution is 7.13. The van der Waals surface area contributed by atoms with Crippen LogP contribution in [0.2, 0.25) is 10.0 Å². The highest BCUT2D eigenvalue weighted by Crippen LogP contribution is 2.25. The van der Waals surface area contributed by atoms with Crippen molar-refractivity contribution >= 4 is 57.2 Å². The molecule has 0 aliphatic heterocycles. The van der Waals surface area contributed by atoms with Gasteiger partial charge < -0.3 is 15.4 Å². The molecule has 24 heavy (non-hydrogen) atoms. The molecule has 2 aromatic rings. The minimum atomic E-state index is -0.685. The van der Waals surface area contributed by atoms with E-state index in [9.17, 15) is 9.59 Å². The first kappa shape index (κ1) is 18.3. The first-order valence-electron chi connectivity index (χ1n) is 6.72. The number of aromatic nitrogens is 1. The molecule has 0 bridgehead atoms. The average Bonchev–Trinajstić information content (AvgIpc) is 3.02. The van der Waals surface area contributed by atoms with Gasteiger partial charge in [-0.1, -0.05) is 29.3 Å². The summed E-state index contributed by atoms with van der Waals surface area (Å²) >= 11 is 13.0. The lowest BCUT2D eigenvalue weighted by molar-refractivity contribution is -0.119. The number of nitrogens with zero attached hydrogens (tertiary/aromatic N) is 1. The SMILES string of the molecule is C=CCNc1nc(C(=O)OCC(=O)Nc2ccc(Cl)cc2Cl)cs1. The van der Waals surface area contributed by atoms with Gasteiger partial charge in [-0.15, -0.1) is 17.9 Å². The number of nitrogens with one attached hydrogen (secondary N) is 2. The van der Waals surface area contributed by atoms with Crippen molar-refractivity contribution in [2.75, 3.05) is 23.8 Å². The molecule has 126 valence electrons. The minimum absolute atomic E-state index is 0.129. The van der Waals surface area contributed by atoms with Crippen molar-refractivity contribution in [3.8, 4) is 0 Å². The second kappa shape index (κ2) is 8.68. The Kier molecular flexibility index (Phi) is 6.60. The number of hydrogen-bond acceptors (Lipinski definition) is 6. The van der Waals surface area contributed by atoms with Crippen LogP contribution in [0.1, 0.15) is 10.5 Å². The number of thiazole rings is 1. The van der Waals surface area contributed by atoms with E-state index in [0.29, 0.717) is 27.4 Å². The van der Waals surface area contributed by atoms with Gasteiger partial charge >= 0.3 is 5.97 Å². The first-order chi connectivity index (χ1) is 11.5. The topological polar surface area (TPSA) is 80.3 Å². The van der Waals surface area contributed by atoms with E-state index in [-0.39, 0.29) is 5.69 Å². The highest BCUT2D eigenvalue weighted by Gasteiger charge is 2.14. The maximum Gasteiger partial charge on any atom is 0.358 e. The molecule has 0 saturated heterocycles. The molecule has 9 heteroatoms. The zero-order valence-electron chi connectivity index (χ0n) is 12.3. The van der Waals surface area contributed by atoms with E-state index in [1.165, 1.54) is 17.4 Å². The van der Waals surface area contributed by atoms with Gasteiger partial charge in [0.25, 0.3) is 5.91 Å². The van der Waals surface area contributed by atoms with E-state index in [1.54, 1.807) is 23.6 Å². The molecule has 0 atom stereocenters. The van der Waals surface area contributed by atoms with Crippen LogP contribution in [0.4, 0.5) is 10.8 Å². The third kappa shape index (κ3) is 5.23. The number of rotatable bonds is 7. The van der Waals surface area contributed by atoms with Crippen LogP contribution >= 0.6 is 34.5 Å². The van der Waals surface area contributed by atoms with E-state index >= 15 is 0 Å². The Balaban J connectivity index is 1.85. The largest absolute Gasteiger partial charge is 0.451 e. The van der Waals surface area contributed by atoms with Gasteiger partial charge in [-0.05, 0) is 18.2 Å². The van der Waals surface area contributed by atoms with Crippen molar-refractivity contribution in [1.29, 1.82) is 0 Å². The summed E-state index contributed by atoms with van der Waals surface area (Å²) in [6, 6.07) is 4.64. The van der Waals surface area contributed by atoms with Crippen LogP contribution in [0.5, 0.6) is 0 Å². The standard InChI is InChI=1S/C15H13Cl2N3O3S/c1-2-5-18-15-20-12(8-24-15)14(22)23-7-13(21)19-11-4-3-9(16)6-10(11)17/h2-4,6,8H,1,5,7H2,(H,18,20)(H,19,21). The molecule has 2 N–H and O–H groups in total. The molecule has 0 spiro atoms. The van der Waals surface area contributed by atoms with Crippen molar-refractivity contribution in [3.63, 3.8) is 0 Å². The Bertz CT molecular complexity index is 764. The molecular formula is C15H13Cl2N3O3S. The number of amides is 1. The molecule has 1 aromatic heterocycles. The molecule has 0 aliphatic rings. The van der Waals surface area contributed by atoms with Gasteiger partial charge in [0.15, 0.2) is 17.4 Å². The number of halogens is 2. The third-order valence-electron chi connectivity index (χ3n) is 2.65. The average molecular weight is 386 g/mol. The van der Waals surface area contributed by atoms with Gasteiger partial charge in [-0.3, -0.25) is 4.79 Å². The van der Waals surface area contributed by atoms with Gasteiger partial charge in [-0.2, -0.15) is 0 Å². The van der Waals surface area contributed by atoms with Crippen molar-refractivity contribution in [3.05, 3.63) is 52.0 Å². The number of anilines is 2. The predicted octanol–water partition coefficient (Wildman–Crippen LogP) is 3.84. The first-order valence-corrected chi connectivity index (χ1v) is 8.35. The molecule has 0 unspecified atom stereocenters. The minimum Gasteiger partial charge on any atom is -0.451 e. The highest BCUT2D eigenvalue weighted by atomic mass is 35.5. The number of esters is 1. The molecule has 6 nitrogen and oxygen atoms in total. The molecule has 0 radical (unpaired) electrons. The zero-order chi connectivity index (χ0) is 17.5. The Morgan fingerprint density at radius 2 is 2.17 bits per heavy atom.